The molecule has 0 radical (unpaired) electrons. The highest BCUT2D eigenvalue weighted by Gasteiger charge is 2.00. The third-order valence-corrected chi connectivity index (χ3v) is 2.35. The van der Waals surface area contributed by atoms with E-state index in [-0.39, 0.29) is 24.0 Å². The molecule has 0 aliphatic carbocycles. The highest BCUT2D eigenvalue weighted by molar-refractivity contribution is 14.0. The molecule has 0 saturated carbocycles. The molecule has 0 aliphatic rings. The summed E-state index contributed by atoms with van der Waals surface area (Å²) >= 11 is 0. The number of hydrogen-bond donors (Lipinski definition) is 2. The first-order chi connectivity index (χ1) is 7.60. The Bertz CT molecular complexity index is 195. The summed E-state index contributed by atoms with van der Waals surface area (Å²) in [4.78, 5) is 6.66. The quantitative estimate of drug-likeness (QED) is 0.397. The zero-order chi connectivity index (χ0) is 12.4. The second-order valence-electron chi connectivity index (χ2n) is 4.48. The van der Waals surface area contributed by atoms with E-state index in [0.717, 1.165) is 32.7 Å². The van der Waals surface area contributed by atoms with Gasteiger partial charge in [-0.25, -0.2) is 0 Å². The Morgan fingerprint density at radius 2 is 1.94 bits per heavy atom. The van der Waals surface area contributed by atoms with E-state index in [0.29, 0.717) is 11.9 Å². The summed E-state index contributed by atoms with van der Waals surface area (Å²) in [7, 11) is 0. The summed E-state index contributed by atoms with van der Waals surface area (Å²) in [5, 5.41) is 3.15. The number of halogens is 1. The Labute approximate surface area is 123 Å². The lowest BCUT2D eigenvalue weighted by Gasteiger charge is -2.19. The summed E-state index contributed by atoms with van der Waals surface area (Å²) in [5.74, 6) is 1.13. The molecular weight excluding hydrogens is 327 g/mol. The van der Waals surface area contributed by atoms with Gasteiger partial charge in [0, 0.05) is 19.6 Å². The lowest BCUT2D eigenvalue weighted by Crippen LogP contribution is -2.39. The van der Waals surface area contributed by atoms with E-state index in [1.807, 2.05) is 0 Å². The fourth-order valence-electron chi connectivity index (χ4n) is 1.42. The van der Waals surface area contributed by atoms with Gasteiger partial charge in [-0.2, -0.15) is 0 Å². The van der Waals surface area contributed by atoms with Gasteiger partial charge in [0.2, 0.25) is 0 Å². The molecule has 0 rings (SSSR count). The standard InChI is InChI=1S/C12H28N4.HI/c1-5-8-16(6-2)9-7-14-12(13)15-10-11(3)4;/h11H,5-10H2,1-4H3,(H3,13,14,15);1H. The smallest absolute Gasteiger partial charge is 0.188 e. The summed E-state index contributed by atoms with van der Waals surface area (Å²) in [6, 6.07) is 0. The van der Waals surface area contributed by atoms with Crippen molar-refractivity contribution in [2.24, 2.45) is 16.6 Å². The molecule has 0 amide bonds. The number of hydrogen-bond acceptors (Lipinski definition) is 2. The Balaban J connectivity index is 0. The number of nitrogens with zero attached hydrogens (tertiary/aromatic N) is 2. The van der Waals surface area contributed by atoms with Crippen LogP contribution in [0, 0.1) is 5.92 Å². The van der Waals surface area contributed by atoms with Crippen molar-refractivity contribution in [2.75, 3.05) is 32.7 Å². The number of aliphatic imine (C=N–C) groups is 1. The van der Waals surface area contributed by atoms with E-state index in [4.69, 9.17) is 5.73 Å². The van der Waals surface area contributed by atoms with E-state index in [9.17, 15) is 0 Å². The Hall–Kier alpha value is -0.0400. The normalized spacial score (nSPS) is 11.8. The fraction of sp³-hybridized carbons (Fsp3) is 0.917. The summed E-state index contributed by atoms with van der Waals surface area (Å²) < 4.78 is 0. The third kappa shape index (κ3) is 12.2. The average molecular weight is 356 g/mol. The van der Waals surface area contributed by atoms with Crippen LogP contribution in [0.15, 0.2) is 4.99 Å². The van der Waals surface area contributed by atoms with Crippen LogP contribution in [0.25, 0.3) is 0 Å². The monoisotopic (exact) mass is 356 g/mol. The van der Waals surface area contributed by atoms with Gasteiger partial charge in [0.15, 0.2) is 5.96 Å². The maximum Gasteiger partial charge on any atom is 0.188 e. The van der Waals surface area contributed by atoms with Crippen LogP contribution in [-0.4, -0.2) is 43.6 Å². The topological polar surface area (TPSA) is 53.6 Å². The first kappa shape index (κ1) is 19.3. The van der Waals surface area contributed by atoms with Gasteiger partial charge in [-0.1, -0.05) is 27.7 Å². The maximum atomic E-state index is 5.74. The van der Waals surface area contributed by atoms with Crippen molar-refractivity contribution in [3.8, 4) is 0 Å². The molecule has 4 nitrogen and oxygen atoms in total. The Morgan fingerprint density at radius 3 is 2.41 bits per heavy atom. The summed E-state index contributed by atoms with van der Waals surface area (Å²) in [6.07, 6.45) is 1.20. The minimum Gasteiger partial charge on any atom is -0.370 e. The van der Waals surface area contributed by atoms with Crippen LogP contribution >= 0.6 is 24.0 Å². The molecule has 0 fully saturated rings. The highest BCUT2D eigenvalue weighted by atomic mass is 127. The van der Waals surface area contributed by atoms with E-state index in [1.165, 1.54) is 6.42 Å². The van der Waals surface area contributed by atoms with E-state index >= 15 is 0 Å². The van der Waals surface area contributed by atoms with Crippen LogP contribution in [0.1, 0.15) is 34.1 Å². The Morgan fingerprint density at radius 1 is 1.29 bits per heavy atom. The van der Waals surface area contributed by atoms with E-state index in [1.54, 1.807) is 0 Å². The van der Waals surface area contributed by atoms with Crippen LogP contribution in [0.3, 0.4) is 0 Å². The van der Waals surface area contributed by atoms with Gasteiger partial charge in [-0.3, -0.25) is 4.99 Å². The van der Waals surface area contributed by atoms with Crippen molar-refractivity contribution in [2.45, 2.75) is 34.1 Å². The molecule has 3 N–H and O–H groups in total. The average Bonchev–Trinajstić information content (AvgIpc) is 2.25. The molecule has 0 bridgehead atoms. The summed E-state index contributed by atoms with van der Waals surface area (Å²) in [5.41, 5.74) is 5.74. The van der Waals surface area contributed by atoms with Crippen LogP contribution in [-0.2, 0) is 0 Å². The van der Waals surface area contributed by atoms with Gasteiger partial charge >= 0.3 is 0 Å². The van der Waals surface area contributed by atoms with E-state index in [2.05, 4.69) is 42.9 Å². The predicted octanol–water partition coefficient (Wildman–Crippen LogP) is 1.90. The molecule has 0 atom stereocenters. The van der Waals surface area contributed by atoms with Gasteiger partial charge in [0.25, 0.3) is 0 Å². The van der Waals surface area contributed by atoms with Crippen molar-refractivity contribution in [3.63, 3.8) is 0 Å². The van der Waals surface area contributed by atoms with Crippen LogP contribution < -0.4 is 11.1 Å². The number of rotatable bonds is 8. The molecule has 0 saturated heterocycles. The summed E-state index contributed by atoms with van der Waals surface area (Å²) in [6.45, 7) is 13.6. The second-order valence-corrected chi connectivity index (χ2v) is 4.48. The zero-order valence-electron chi connectivity index (χ0n) is 11.7. The van der Waals surface area contributed by atoms with Crippen LogP contribution in [0.4, 0.5) is 0 Å². The largest absolute Gasteiger partial charge is 0.370 e. The second kappa shape index (κ2) is 12.4. The predicted molar refractivity (Wildman–Crippen MR) is 87.2 cm³/mol. The lowest BCUT2D eigenvalue weighted by atomic mass is 10.2. The van der Waals surface area contributed by atoms with Gasteiger partial charge in [-0.15, -0.1) is 24.0 Å². The number of guanidine groups is 1. The van der Waals surface area contributed by atoms with Crippen LogP contribution in [0.5, 0.6) is 0 Å². The zero-order valence-corrected chi connectivity index (χ0v) is 14.0. The molecule has 0 heterocycles. The third-order valence-electron chi connectivity index (χ3n) is 2.35. The van der Waals surface area contributed by atoms with Gasteiger partial charge in [0.1, 0.15) is 0 Å². The van der Waals surface area contributed by atoms with Crippen molar-refractivity contribution in [1.29, 1.82) is 0 Å². The molecule has 0 unspecified atom stereocenters. The van der Waals surface area contributed by atoms with Crippen LogP contribution in [0.2, 0.25) is 0 Å². The van der Waals surface area contributed by atoms with Gasteiger partial charge in [-0.05, 0) is 25.4 Å². The molecule has 104 valence electrons. The molecule has 0 spiro atoms. The molecule has 0 aliphatic heterocycles. The van der Waals surface area contributed by atoms with Crippen molar-refractivity contribution in [1.82, 2.24) is 10.2 Å². The highest BCUT2D eigenvalue weighted by Crippen LogP contribution is 1.91. The lowest BCUT2D eigenvalue weighted by molar-refractivity contribution is 0.293. The van der Waals surface area contributed by atoms with Crippen molar-refractivity contribution >= 4 is 29.9 Å². The van der Waals surface area contributed by atoms with E-state index < -0.39 is 0 Å². The first-order valence-electron chi connectivity index (χ1n) is 6.36. The Kier molecular flexibility index (Phi) is 14.1. The number of nitrogens with one attached hydrogen (secondary N) is 1. The molecular formula is C12H29IN4. The minimum atomic E-state index is 0. The van der Waals surface area contributed by atoms with Gasteiger partial charge < -0.3 is 16.0 Å². The fourth-order valence-corrected chi connectivity index (χ4v) is 1.42. The molecule has 0 aromatic rings. The minimum absolute atomic E-state index is 0. The maximum absolute atomic E-state index is 5.74. The molecule has 0 aromatic heterocycles. The van der Waals surface area contributed by atoms with Gasteiger partial charge in [0.05, 0.1) is 0 Å². The molecule has 0 aromatic carbocycles. The number of nitrogens with two attached hydrogens (primary N) is 1. The number of likely N-dealkylation sites (N-methyl/N-ethyl adjacent to an activating group) is 1. The van der Waals surface area contributed by atoms with Crippen molar-refractivity contribution in [3.05, 3.63) is 0 Å². The SMILES string of the molecule is CCCN(CC)CCNC(N)=NCC(C)C.I. The molecule has 17 heavy (non-hydrogen) atoms. The molecule has 5 heteroatoms. The van der Waals surface area contributed by atoms with Crippen molar-refractivity contribution < 1.29 is 0 Å². The first-order valence-corrected chi connectivity index (χ1v) is 6.36.